The molecule has 0 saturated heterocycles. The predicted octanol–water partition coefficient (Wildman–Crippen LogP) is 4.33. The van der Waals surface area contributed by atoms with E-state index in [2.05, 4.69) is 27.7 Å². The van der Waals surface area contributed by atoms with Crippen molar-refractivity contribution >= 4 is 17.5 Å². The molecule has 0 aliphatic heterocycles. The van der Waals surface area contributed by atoms with E-state index in [4.69, 9.17) is 11.6 Å². The molecule has 1 N–H and O–H groups in total. The Kier molecular flexibility index (Phi) is 6.34. The summed E-state index contributed by atoms with van der Waals surface area (Å²) in [6.07, 6.45) is 1.82. The number of amides is 1. The van der Waals surface area contributed by atoms with E-state index in [1.54, 1.807) is 6.07 Å². The number of hydrogen-bond acceptors (Lipinski definition) is 2. The van der Waals surface area contributed by atoms with Crippen molar-refractivity contribution in [2.45, 2.75) is 46.6 Å². The largest absolute Gasteiger partial charge is 0.508 e. The molecule has 0 aliphatic rings. The lowest BCUT2D eigenvalue weighted by Crippen LogP contribution is -2.42. The zero-order chi connectivity index (χ0) is 15.3. The molecule has 0 aromatic heterocycles. The summed E-state index contributed by atoms with van der Waals surface area (Å²) in [5.74, 6) is 0.343. The lowest BCUT2D eigenvalue weighted by molar-refractivity contribution is 0.0640. The summed E-state index contributed by atoms with van der Waals surface area (Å²) in [4.78, 5) is 14.6. The molecule has 0 heterocycles. The van der Waals surface area contributed by atoms with Gasteiger partial charge >= 0.3 is 0 Å². The molecule has 0 spiro atoms. The van der Waals surface area contributed by atoms with Crippen molar-refractivity contribution in [2.75, 3.05) is 6.54 Å². The first-order chi connectivity index (χ1) is 9.40. The van der Waals surface area contributed by atoms with Crippen molar-refractivity contribution in [3.63, 3.8) is 0 Å². The molecule has 0 fully saturated rings. The Hall–Kier alpha value is -1.22. The Bertz CT molecular complexity index is 456. The molecule has 1 rings (SSSR count). The van der Waals surface area contributed by atoms with Crippen molar-refractivity contribution in [3.05, 3.63) is 28.8 Å². The van der Waals surface area contributed by atoms with Gasteiger partial charge in [0.2, 0.25) is 0 Å². The Labute approximate surface area is 126 Å². The van der Waals surface area contributed by atoms with Crippen molar-refractivity contribution in [3.8, 4) is 5.75 Å². The van der Waals surface area contributed by atoms with Gasteiger partial charge < -0.3 is 10.0 Å². The number of nitrogens with zero attached hydrogens (tertiary/aromatic N) is 1. The molecule has 1 aromatic rings. The zero-order valence-electron chi connectivity index (χ0n) is 12.7. The molecular weight excluding hydrogens is 274 g/mol. The number of phenolic OH excluding ortho intramolecular Hbond substituents is 1. The maximum atomic E-state index is 12.7. The molecular formula is C16H24ClNO2. The lowest BCUT2D eigenvalue weighted by Gasteiger charge is -2.32. The van der Waals surface area contributed by atoms with E-state index in [0.29, 0.717) is 23.0 Å². The quantitative estimate of drug-likeness (QED) is 0.849. The molecule has 0 unspecified atom stereocenters. The molecule has 0 bridgehead atoms. The maximum absolute atomic E-state index is 12.7. The van der Waals surface area contributed by atoms with Gasteiger partial charge in [-0.25, -0.2) is 0 Å². The van der Waals surface area contributed by atoms with Crippen LogP contribution in [0.3, 0.4) is 0 Å². The molecule has 20 heavy (non-hydrogen) atoms. The van der Waals surface area contributed by atoms with Crippen LogP contribution in [0.5, 0.6) is 5.75 Å². The highest BCUT2D eigenvalue weighted by molar-refractivity contribution is 6.33. The Morgan fingerprint density at radius 1 is 1.30 bits per heavy atom. The summed E-state index contributed by atoms with van der Waals surface area (Å²) < 4.78 is 0. The second kappa shape index (κ2) is 7.53. The van der Waals surface area contributed by atoms with Crippen molar-refractivity contribution in [1.82, 2.24) is 4.90 Å². The topological polar surface area (TPSA) is 40.5 Å². The first-order valence-electron chi connectivity index (χ1n) is 7.20. The third kappa shape index (κ3) is 4.14. The summed E-state index contributed by atoms with van der Waals surface area (Å²) in [6, 6.07) is 4.69. The second-order valence-electron chi connectivity index (χ2n) is 5.49. The number of carbonyl (C=O) groups excluding carboxylic acids is 1. The second-order valence-corrected chi connectivity index (χ2v) is 5.89. The standard InChI is InChI=1S/C16H24ClNO2/c1-5-12(6-2)18(10-11(3)4)16(20)14-9-13(19)7-8-15(14)17/h7-9,11-12,19H,5-6,10H2,1-4H3. The van der Waals surface area contributed by atoms with Crippen molar-refractivity contribution in [2.24, 2.45) is 5.92 Å². The normalized spacial score (nSPS) is 11.2. The van der Waals surface area contributed by atoms with E-state index in [-0.39, 0.29) is 17.7 Å². The number of carbonyl (C=O) groups is 1. The fourth-order valence-electron chi connectivity index (χ4n) is 2.35. The zero-order valence-corrected chi connectivity index (χ0v) is 13.4. The molecule has 0 saturated carbocycles. The van der Waals surface area contributed by atoms with Gasteiger partial charge in [0.25, 0.3) is 5.91 Å². The Morgan fingerprint density at radius 3 is 2.40 bits per heavy atom. The van der Waals surface area contributed by atoms with Crippen LogP contribution in [0.15, 0.2) is 18.2 Å². The van der Waals surface area contributed by atoms with E-state index >= 15 is 0 Å². The highest BCUT2D eigenvalue weighted by Gasteiger charge is 2.25. The van der Waals surface area contributed by atoms with E-state index in [0.717, 1.165) is 12.8 Å². The van der Waals surface area contributed by atoms with Crippen LogP contribution in [0.1, 0.15) is 50.9 Å². The molecule has 0 radical (unpaired) electrons. The van der Waals surface area contributed by atoms with Crippen molar-refractivity contribution < 1.29 is 9.90 Å². The van der Waals surface area contributed by atoms with Gasteiger partial charge in [0.1, 0.15) is 5.75 Å². The minimum Gasteiger partial charge on any atom is -0.508 e. The number of aromatic hydroxyl groups is 1. The van der Waals surface area contributed by atoms with Crippen LogP contribution in [-0.2, 0) is 0 Å². The molecule has 1 aromatic carbocycles. The summed E-state index contributed by atoms with van der Waals surface area (Å²) in [5, 5.41) is 9.96. The molecule has 112 valence electrons. The average Bonchev–Trinajstić information content (AvgIpc) is 2.40. The third-order valence-corrected chi connectivity index (χ3v) is 3.72. The smallest absolute Gasteiger partial charge is 0.255 e. The van der Waals surface area contributed by atoms with Gasteiger partial charge in [-0.3, -0.25) is 4.79 Å². The van der Waals surface area contributed by atoms with Gasteiger partial charge in [-0.2, -0.15) is 0 Å². The molecule has 0 atom stereocenters. The molecule has 3 nitrogen and oxygen atoms in total. The van der Waals surface area contributed by atoms with Crippen LogP contribution in [0.25, 0.3) is 0 Å². The third-order valence-electron chi connectivity index (χ3n) is 3.39. The average molecular weight is 298 g/mol. The maximum Gasteiger partial charge on any atom is 0.255 e. The SMILES string of the molecule is CCC(CC)N(CC(C)C)C(=O)c1cc(O)ccc1Cl. The predicted molar refractivity (Wildman–Crippen MR) is 83.4 cm³/mol. The van der Waals surface area contributed by atoms with E-state index in [9.17, 15) is 9.90 Å². The Balaban J connectivity index is 3.12. The molecule has 0 aliphatic carbocycles. The van der Waals surface area contributed by atoms with Crippen molar-refractivity contribution in [1.29, 1.82) is 0 Å². The monoisotopic (exact) mass is 297 g/mol. The fraction of sp³-hybridized carbons (Fsp3) is 0.562. The molecule has 1 amide bonds. The Morgan fingerprint density at radius 2 is 1.90 bits per heavy atom. The van der Waals surface area contributed by atoms with Gasteiger partial charge in [0.15, 0.2) is 0 Å². The summed E-state index contributed by atoms with van der Waals surface area (Å²) in [5.41, 5.74) is 0.374. The number of halogens is 1. The fourth-order valence-corrected chi connectivity index (χ4v) is 2.55. The minimum absolute atomic E-state index is 0.0618. The van der Waals surface area contributed by atoms with E-state index < -0.39 is 0 Å². The summed E-state index contributed by atoms with van der Waals surface area (Å²) >= 11 is 6.10. The van der Waals surface area contributed by atoms with Crippen LogP contribution >= 0.6 is 11.6 Å². The van der Waals surface area contributed by atoms with Gasteiger partial charge in [0, 0.05) is 12.6 Å². The highest BCUT2D eigenvalue weighted by atomic mass is 35.5. The van der Waals surface area contributed by atoms with Crippen LogP contribution in [0.4, 0.5) is 0 Å². The minimum atomic E-state index is -0.103. The van der Waals surface area contributed by atoms with Gasteiger partial charge in [-0.15, -0.1) is 0 Å². The number of benzene rings is 1. The summed E-state index contributed by atoms with van der Waals surface area (Å²) in [7, 11) is 0. The van der Waals surface area contributed by atoms with Gasteiger partial charge in [-0.1, -0.05) is 39.3 Å². The number of hydrogen-bond donors (Lipinski definition) is 1. The highest BCUT2D eigenvalue weighted by Crippen LogP contribution is 2.25. The van der Waals surface area contributed by atoms with Crippen LogP contribution in [0.2, 0.25) is 5.02 Å². The van der Waals surface area contributed by atoms with Crippen LogP contribution in [0, 0.1) is 5.92 Å². The number of rotatable bonds is 6. The van der Waals surface area contributed by atoms with E-state index in [1.165, 1.54) is 12.1 Å². The number of phenols is 1. The molecule has 4 heteroatoms. The lowest BCUT2D eigenvalue weighted by atomic mass is 10.1. The first kappa shape index (κ1) is 16.8. The van der Waals surface area contributed by atoms with Crippen LogP contribution < -0.4 is 0 Å². The first-order valence-corrected chi connectivity index (χ1v) is 7.57. The van der Waals surface area contributed by atoms with Gasteiger partial charge in [-0.05, 0) is 37.0 Å². The van der Waals surface area contributed by atoms with E-state index in [1.807, 2.05) is 4.90 Å². The van der Waals surface area contributed by atoms with Gasteiger partial charge in [0.05, 0.1) is 10.6 Å². The summed E-state index contributed by atoms with van der Waals surface area (Å²) in [6.45, 7) is 9.04. The van der Waals surface area contributed by atoms with Crippen LogP contribution in [-0.4, -0.2) is 28.5 Å².